The normalized spacial score (nSPS) is 15.7. The number of anilines is 1. The van der Waals surface area contributed by atoms with E-state index in [0.29, 0.717) is 5.11 Å². The summed E-state index contributed by atoms with van der Waals surface area (Å²) in [4.78, 5) is 2.28. The highest BCUT2D eigenvalue weighted by Gasteiger charge is 2.13. The van der Waals surface area contributed by atoms with Gasteiger partial charge in [-0.05, 0) is 44.5 Å². The average molecular weight is 280 g/mol. The van der Waals surface area contributed by atoms with Gasteiger partial charge >= 0.3 is 0 Å². The van der Waals surface area contributed by atoms with E-state index in [4.69, 9.17) is 16.6 Å². The second-order valence-electron chi connectivity index (χ2n) is 4.45. The molecular weight excluding hydrogens is 260 g/mol. The fourth-order valence-corrected chi connectivity index (χ4v) is 2.25. The molecule has 0 unspecified atom stereocenters. The lowest BCUT2D eigenvalue weighted by Gasteiger charge is -2.25. The number of hydrogen-bond donors (Lipinski definition) is 2. The lowest BCUT2D eigenvalue weighted by molar-refractivity contribution is 0.497. The summed E-state index contributed by atoms with van der Waals surface area (Å²) in [5, 5.41) is 7.50. The summed E-state index contributed by atoms with van der Waals surface area (Å²) in [5.41, 5.74) is 2.74. The van der Waals surface area contributed by atoms with E-state index < -0.39 is 0 Å². The Morgan fingerprint density at radius 1 is 1.42 bits per heavy atom. The van der Waals surface area contributed by atoms with Crippen molar-refractivity contribution < 1.29 is 4.42 Å². The van der Waals surface area contributed by atoms with Crippen molar-refractivity contribution in [2.75, 3.05) is 24.5 Å². The SMILES string of the molecule is CCNC(=S)NN=Cc1ccc(N2CCCCC2)o1. The third kappa shape index (κ3) is 4.24. The first kappa shape index (κ1) is 13.9. The molecule has 104 valence electrons. The zero-order valence-electron chi connectivity index (χ0n) is 11.2. The van der Waals surface area contributed by atoms with Crippen LogP contribution in [-0.4, -0.2) is 31.0 Å². The summed E-state index contributed by atoms with van der Waals surface area (Å²) in [7, 11) is 0. The van der Waals surface area contributed by atoms with E-state index in [1.165, 1.54) is 19.3 Å². The Morgan fingerprint density at radius 3 is 2.95 bits per heavy atom. The molecule has 19 heavy (non-hydrogen) atoms. The molecule has 0 amide bonds. The van der Waals surface area contributed by atoms with Gasteiger partial charge in [-0.2, -0.15) is 5.10 Å². The predicted molar refractivity (Wildman–Crippen MR) is 81.8 cm³/mol. The number of thiocarbonyl (C=S) groups is 1. The van der Waals surface area contributed by atoms with E-state index >= 15 is 0 Å². The topological polar surface area (TPSA) is 52.8 Å². The first-order chi connectivity index (χ1) is 9.29. The fourth-order valence-electron chi connectivity index (χ4n) is 2.05. The van der Waals surface area contributed by atoms with Crippen LogP contribution in [0.15, 0.2) is 21.7 Å². The van der Waals surface area contributed by atoms with E-state index in [1.807, 2.05) is 19.1 Å². The largest absolute Gasteiger partial charge is 0.440 e. The third-order valence-corrected chi connectivity index (χ3v) is 3.21. The van der Waals surface area contributed by atoms with Crippen molar-refractivity contribution in [1.82, 2.24) is 10.7 Å². The summed E-state index contributed by atoms with van der Waals surface area (Å²) < 4.78 is 5.74. The number of nitrogens with zero attached hydrogens (tertiary/aromatic N) is 2. The zero-order valence-corrected chi connectivity index (χ0v) is 12.0. The lowest BCUT2D eigenvalue weighted by atomic mass is 10.1. The maximum absolute atomic E-state index is 5.74. The van der Waals surface area contributed by atoms with Crippen molar-refractivity contribution in [3.05, 3.63) is 17.9 Å². The summed E-state index contributed by atoms with van der Waals surface area (Å²) in [6.45, 7) is 4.91. The Labute approximate surface area is 119 Å². The molecule has 0 spiro atoms. The van der Waals surface area contributed by atoms with Crippen LogP contribution in [0.5, 0.6) is 0 Å². The minimum Gasteiger partial charge on any atom is -0.440 e. The van der Waals surface area contributed by atoms with Gasteiger partial charge in [0.2, 0.25) is 0 Å². The molecule has 2 N–H and O–H groups in total. The van der Waals surface area contributed by atoms with E-state index in [2.05, 4.69) is 20.7 Å². The third-order valence-electron chi connectivity index (χ3n) is 2.98. The molecule has 0 atom stereocenters. The van der Waals surface area contributed by atoms with Gasteiger partial charge in [0.25, 0.3) is 0 Å². The molecule has 0 radical (unpaired) electrons. The monoisotopic (exact) mass is 280 g/mol. The van der Waals surface area contributed by atoms with Crippen molar-refractivity contribution in [3.8, 4) is 0 Å². The van der Waals surface area contributed by atoms with Gasteiger partial charge in [0.1, 0.15) is 5.76 Å². The fraction of sp³-hybridized carbons (Fsp3) is 0.538. The Balaban J connectivity index is 1.86. The molecule has 0 aliphatic carbocycles. The molecule has 2 heterocycles. The Hall–Kier alpha value is -1.56. The first-order valence-electron chi connectivity index (χ1n) is 6.71. The molecule has 1 aliphatic heterocycles. The van der Waals surface area contributed by atoms with Gasteiger partial charge in [0, 0.05) is 25.7 Å². The quantitative estimate of drug-likeness (QED) is 0.502. The van der Waals surface area contributed by atoms with Crippen molar-refractivity contribution >= 4 is 29.4 Å². The molecule has 0 bridgehead atoms. The summed E-state index contributed by atoms with van der Waals surface area (Å²) in [6, 6.07) is 3.92. The molecule has 1 aliphatic rings. The first-order valence-corrected chi connectivity index (χ1v) is 7.12. The Kier molecular flexibility index (Phi) is 5.20. The molecule has 1 saturated heterocycles. The minimum absolute atomic E-state index is 0.515. The van der Waals surface area contributed by atoms with Crippen LogP contribution in [0.3, 0.4) is 0 Å². The second kappa shape index (κ2) is 7.13. The van der Waals surface area contributed by atoms with Gasteiger partial charge in [-0.3, -0.25) is 5.43 Å². The number of nitrogens with one attached hydrogen (secondary N) is 2. The zero-order chi connectivity index (χ0) is 13.5. The maximum Gasteiger partial charge on any atom is 0.196 e. The van der Waals surface area contributed by atoms with E-state index in [-0.39, 0.29) is 0 Å². The molecule has 6 heteroatoms. The van der Waals surface area contributed by atoms with Gasteiger partial charge in [-0.25, -0.2) is 0 Å². The summed E-state index contributed by atoms with van der Waals surface area (Å²) in [5.74, 6) is 1.66. The Morgan fingerprint density at radius 2 is 2.21 bits per heavy atom. The molecular formula is C13H20N4OS. The van der Waals surface area contributed by atoms with Crippen LogP contribution in [0.4, 0.5) is 5.88 Å². The summed E-state index contributed by atoms with van der Waals surface area (Å²) in [6.07, 6.45) is 5.43. The van der Waals surface area contributed by atoms with Crippen molar-refractivity contribution in [1.29, 1.82) is 0 Å². The highest BCUT2D eigenvalue weighted by Crippen LogP contribution is 2.21. The summed E-state index contributed by atoms with van der Waals surface area (Å²) >= 11 is 5.00. The lowest BCUT2D eigenvalue weighted by Crippen LogP contribution is -2.31. The second-order valence-corrected chi connectivity index (χ2v) is 4.86. The molecule has 0 aromatic carbocycles. The van der Waals surface area contributed by atoms with E-state index in [9.17, 15) is 0 Å². The molecule has 5 nitrogen and oxygen atoms in total. The number of piperidine rings is 1. The average Bonchev–Trinajstić information content (AvgIpc) is 2.89. The maximum atomic E-state index is 5.74. The van der Waals surface area contributed by atoms with Crippen molar-refractivity contribution in [3.63, 3.8) is 0 Å². The van der Waals surface area contributed by atoms with E-state index in [0.717, 1.165) is 31.3 Å². The van der Waals surface area contributed by atoms with Crippen LogP contribution in [0.1, 0.15) is 31.9 Å². The predicted octanol–water partition coefficient (Wildman–Crippen LogP) is 2.09. The molecule has 1 aromatic heterocycles. The molecule has 2 rings (SSSR count). The molecule has 1 aromatic rings. The highest BCUT2D eigenvalue weighted by atomic mass is 32.1. The molecule has 1 fully saturated rings. The van der Waals surface area contributed by atoms with Crippen LogP contribution in [0.2, 0.25) is 0 Å². The van der Waals surface area contributed by atoms with Crippen molar-refractivity contribution in [2.24, 2.45) is 5.10 Å². The minimum atomic E-state index is 0.515. The van der Waals surface area contributed by atoms with Gasteiger partial charge in [-0.15, -0.1) is 0 Å². The van der Waals surface area contributed by atoms with Gasteiger partial charge in [0.05, 0.1) is 6.21 Å². The van der Waals surface area contributed by atoms with Crippen molar-refractivity contribution in [2.45, 2.75) is 26.2 Å². The van der Waals surface area contributed by atoms with E-state index in [1.54, 1.807) is 6.21 Å². The smallest absolute Gasteiger partial charge is 0.196 e. The van der Waals surface area contributed by atoms with Crippen LogP contribution >= 0.6 is 12.2 Å². The van der Waals surface area contributed by atoms with Crippen LogP contribution in [0.25, 0.3) is 0 Å². The van der Waals surface area contributed by atoms with Crippen LogP contribution in [-0.2, 0) is 0 Å². The van der Waals surface area contributed by atoms with Crippen LogP contribution in [0, 0.1) is 0 Å². The number of rotatable bonds is 4. The van der Waals surface area contributed by atoms with Crippen LogP contribution < -0.4 is 15.6 Å². The van der Waals surface area contributed by atoms with Gasteiger partial charge in [0.15, 0.2) is 11.0 Å². The number of hydrazone groups is 1. The van der Waals surface area contributed by atoms with Gasteiger partial charge in [-0.1, -0.05) is 0 Å². The highest BCUT2D eigenvalue weighted by molar-refractivity contribution is 7.80. The van der Waals surface area contributed by atoms with Gasteiger partial charge < -0.3 is 14.6 Å². The number of hydrogen-bond acceptors (Lipinski definition) is 4. The number of furan rings is 1. The standard InChI is InChI=1S/C13H20N4OS/c1-2-14-13(19)16-15-10-11-6-7-12(18-11)17-8-4-3-5-9-17/h6-7,10H,2-5,8-9H2,1H3,(H2,14,16,19). The Bertz CT molecular complexity index is 438. The molecule has 0 saturated carbocycles.